The minimum Gasteiger partial charge on any atom is -0.504 e. The fraction of sp³-hybridized carbons (Fsp3) is 0.0833. The number of aromatic hydroxyl groups is 1. The molecule has 1 aromatic heterocycles. The zero-order valence-corrected chi connectivity index (χ0v) is 19.8. The molecule has 0 saturated heterocycles. The van der Waals surface area contributed by atoms with Gasteiger partial charge in [-0.3, -0.25) is 19.5 Å². The number of phenols is 1. The Kier molecular flexibility index (Phi) is 7.56. The molecule has 0 aliphatic rings. The molecule has 1 heterocycles. The Labute approximate surface area is 209 Å². The molecule has 0 atom stereocenters. The quantitative estimate of drug-likeness (QED) is 0.152. The molecule has 1 amide bonds. The normalized spacial score (nSPS) is 10.9. The number of hydrogen-bond donors (Lipinski definition) is 2. The van der Waals surface area contributed by atoms with Crippen molar-refractivity contribution in [1.29, 1.82) is 0 Å². The van der Waals surface area contributed by atoms with Crippen LogP contribution in [0.3, 0.4) is 0 Å². The third-order valence-electron chi connectivity index (χ3n) is 4.92. The van der Waals surface area contributed by atoms with Gasteiger partial charge in [0, 0.05) is 22.9 Å². The second-order valence-electron chi connectivity index (χ2n) is 7.27. The summed E-state index contributed by atoms with van der Waals surface area (Å²) in [6.07, 6.45) is 1.10. The van der Waals surface area contributed by atoms with Crippen molar-refractivity contribution >= 4 is 29.6 Å². The highest BCUT2D eigenvalue weighted by Gasteiger charge is 2.18. The second kappa shape index (κ2) is 11.1. The zero-order chi connectivity index (χ0) is 25.5. The summed E-state index contributed by atoms with van der Waals surface area (Å²) in [7, 11) is 1.27. The number of hydrazone groups is 1. The molecule has 11 nitrogen and oxygen atoms in total. The number of phenolic OH excluding ortho intramolecular Hbond substituents is 1. The van der Waals surface area contributed by atoms with Crippen LogP contribution < -0.4 is 10.2 Å². The molecule has 0 aliphatic carbocycles. The van der Waals surface area contributed by atoms with Crippen LogP contribution in [-0.2, 0) is 4.79 Å². The number of nitro groups is 1. The van der Waals surface area contributed by atoms with Crippen molar-refractivity contribution in [2.75, 3.05) is 12.9 Å². The molecule has 0 aliphatic heterocycles. The van der Waals surface area contributed by atoms with E-state index in [-0.39, 0.29) is 28.5 Å². The fourth-order valence-electron chi connectivity index (χ4n) is 3.26. The van der Waals surface area contributed by atoms with Crippen LogP contribution in [0.1, 0.15) is 5.56 Å². The molecule has 36 heavy (non-hydrogen) atoms. The Hall–Kier alpha value is -4.71. The number of nitro benzene ring substituents is 1. The Morgan fingerprint density at radius 2 is 1.86 bits per heavy atom. The second-order valence-corrected chi connectivity index (χ2v) is 8.21. The number of carbonyl (C=O) groups excluding carboxylic acids is 1. The van der Waals surface area contributed by atoms with E-state index in [1.807, 2.05) is 65.2 Å². The van der Waals surface area contributed by atoms with Gasteiger partial charge in [0.25, 0.3) is 11.6 Å². The predicted molar refractivity (Wildman–Crippen MR) is 135 cm³/mol. The Morgan fingerprint density at radius 1 is 1.17 bits per heavy atom. The Bertz CT molecular complexity index is 1410. The summed E-state index contributed by atoms with van der Waals surface area (Å²) in [4.78, 5) is 22.9. The molecule has 4 rings (SSSR count). The number of hydrogen-bond acceptors (Lipinski definition) is 9. The van der Waals surface area contributed by atoms with Gasteiger partial charge in [0.05, 0.1) is 30.1 Å². The highest BCUT2D eigenvalue weighted by molar-refractivity contribution is 7.99. The van der Waals surface area contributed by atoms with Crippen LogP contribution in [0.5, 0.6) is 11.5 Å². The summed E-state index contributed by atoms with van der Waals surface area (Å²) in [5.74, 6) is -0.252. The molecule has 0 spiro atoms. The molecule has 3 aromatic carbocycles. The Morgan fingerprint density at radius 3 is 2.53 bits per heavy atom. The first-order valence-corrected chi connectivity index (χ1v) is 11.5. The van der Waals surface area contributed by atoms with Gasteiger partial charge in [0.15, 0.2) is 22.5 Å². The van der Waals surface area contributed by atoms with Gasteiger partial charge in [-0.25, -0.2) is 5.43 Å². The molecular weight excluding hydrogens is 484 g/mol. The zero-order valence-electron chi connectivity index (χ0n) is 18.9. The van der Waals surface area contributed by atoms with Crippen molar-refractivity contribution in [1.82, 2.24) is 20.2 Å². The van der Waals surface area contributed by atoms with Crippen molar-refractivity contribution in [2.24, 2.45) is 5.10 Å². The average Bonchev–Trinajstić information content (AvgIpc) is 3.33. The van der Waals surface area contributed by atoms with Crippen LogP contribution in [-0.4, -0.2) is 49.8 Å². The summed E-state index contributed by atoms with van der Waals surface area (Å²) in [6.45, 7) is 0. The molecule has 0 bridgehead atoms. The maximum atomic E-state index is 12.4. The van der Waals surface area contributed by atoms with Gasteiger partial charge in [0.2, 0.25) is 0 Å². The van der Waals surface area contributed by atoms with Gasteiger partial charge >= 0.3 is 0 Å². The van der Waals surface area contributed by atoms with Gasteiger partial charge in [-0.15, -0.1) is 10.2 Å². The maximum Gasteiger partial charge on any atom is 0.274 e. The number of nitrogens with one attached hydrogen (secondary N) is 1. The number of benzene rings is 3. The highest BCUT2D eigenvalue weighted by atomic mass is 32.2. The van der Waals surface area contributed by atoms with E-state index >= 15 is 0 Å². The van der Waals surface area contributed by atoms with Gasteiger partial charge < -0.3 is 9.84 Å². The molecule has 0 radical (unpaired) electrons. The first-order chi connectivity index (χ1) is 17.5. The standard InChI is InChI=1S/C24H20N6O5S/c1-35-20-13-19(30(33)34)12-17(22(20)32)14-25-26-21(31)15-36-24-28-27-23(16-8-4-2-5-9-16)29(24)18-10-6-3-7-11-18/h2-14,32H,15H2,1H3,(H,26,31)/b25-14-. The first-order valence-electron chi connectivity index (χ1n) is 10.5. The predicted octanol–water partition coefficient (Wildman–Crippen LogP) is 3.80. The topological polar surface area (TPSA) is 145 Å². The number of aromatic nitrogens is 3. The highest BCUT2D eigenvalue weighted by Crippen LogP contribution is 2.33. The lowest BCUT2D eigenvalue weighted by Crippen LogP contribution is -2.20. The number of para-hydroxylation sites is 1. The third kappa shape index (κ3) is 5.50. The number of rotatable bonds is 9. The molecular formula is C24H20N6O5S. The number of ether oxygens (including phenoxy) is 1. The molecule has 182 valence electrons. The van der Waals surface area contributed by atoms with Crippen LogP contribution >= 0.6 is 11.8 Å². The molecule has 0 unspecified atom stereocenters. The molecule has 4 aromatic rings. The van der Waals surface area contributed by atoms with Crippen molar-refractivity contribution in [3.63, 3.8) is 0 Å². The van der Waals surface area contributed by atoms with E-state index in [2.05, 4.69) is 20.7 Å². The van der Waals surface area contributed by atoms with Crippen LogP contribution in [0.2, 0.25) is 0 Å². The molecule has 2 N–H and O–H groups in total. The van der Waals surface area contributed by atoms with E-state index in [0.29, 0.717) is 11.0 Å². The van der Waals surface area contributed by atoms with E-state index in [9.17, 15) is 20.0 Å². The monoisotopic (exact) mass is 504 g/mol. The Balaban J connectivity index is 1.49. The van der Waals surface area contributed by atoms with Crippen molar-refractivity contribution < 1.29 is 19.6 Å². The fourth-order valence-corrected chi connectivity index (χ4v) is 4.00. The summed E-state index contributed by atoms with van der Waals surface area (Å²) in [5, 5.41) is 34.2. The largest absolute Gasteiger partial charge is 0.504 e. The van der Waals surface area contributed by atoms with E-state index < -0.39 is 10.8 Å². The van der Waals surface area contributed by atoms with Gasteiger partial charge in [0.1, 0.15) is 0 Å². The van der Waals surface area contributed by atoms with Crippen molar-refractivity contribution in [3.8, 4) is 28.6 Å². The molecule has 12 heteroatoms. The smallest absolute Gasteiger partial charge is 0.274 e. The first kappa shape index (κ1) is 24.4. The third-order valence-corrected chi connectivity index (χ3v) is 5.85. The van der Waals surface area contributed by atoms with E-state index in [0.717, 1.165) is 29.6 Å². The number of non-ortho nitro benzene ring substituents is 1. The average molecular weight is 505 g/mol. The molecule has 0 saturated carbocycles. The van der Waals surface area contributed by atoms with Crippen molar-refractivity contribution in [2.45, 2.75) is 5.16 Å². The lowest BCUT2D eigenvalue weighted by molar-refractivity contribution is -0.385. The van der Waals surface area contributed by atoms with E-state index in [4.69, 9.17) is 4.74 Å². The molecule has 0 fully saturated rings. The van der Waals surface area contributed by atoms with Crippen LogP contribution in [0.25, 0.3) is 17.1 Å². The summed E-state index contributed by atoms with van der Waals surface area (Å²) < 4.78 is 6.82. The lowest BCUT2D eigenvalue weighted by atomic mass is 10.2. The number of methoxy groups -OCH3 is 1. The number of amides is 1. The minimum atomic E-state index is -0.624. The van der Waals surface area contributed by atoms with Crippen molar-refractivity contribution in [3.05, 3.63) is 88.5 Å². The van der Waals surface area contributed by atoms with Gasteiger partial charge in [-0.1, -0.05) is 60.3 Å². The van der Waals surface area contributed by atoms with E-state index in [1.165, 1.54) is 18.9 Å². The SMILES string of the molecule is COc1cc([N+](=O)[O-])cc(/C=N\NC(=O)CSc2nnc(-c3ccccc3)n2-c2ccccc2)c1O. The summed E-state index contributed by atoms with van der Waals surface area (Å²) >= 11 is 1.17. The number of carbonyl (C=O) groups is 1. The van der Waals surface area contributed by atoms with Crippen LogP contribution in [0.15, 0.2) is 83.1 Å². The number of nitrogens with zero attached hydrogens (tertiary/aromatic N) is 5. The van der Waals surface area contributed by atoms with E-state index in [1.54, 1.807) is 0 Å². The van der Waals surface area contributed by atoms with Crippen LogP contribution in [0, 0.1) is 10.1 Å². The minimum absolute atomic E-state index is 0.0188. The van der Waals surface area contributed by atoms with Gasteiger partial charge in [-0.05, 0) is 12.1 Å². The lowest BCUT2D eigenvalue weighted by Gasteiger charge is -2.10. The summed E-state index contributed by atoms with van der Waals surface area (Å²) in [6, 6.07) is 21.3. The maximum absolute atomic E-state index is 12.4. The number of thioether (sulfide) groups is 1. The van der Waals surface area contributed by atoms with Crippen LogP contribution in [0.4, 0.5) is 5.69 Å². The summed E-state index contributed by atoms with van der Waals surface area (Å²) in [5.41, 5.74) is 3.79. The van der Waals surface area contributed by atoms with Gasteiger partial charge in [-0.2, -0.15) is 5.10 Å².